The summed E-state index contributed by atoms with van der Waals surface area (Å²) in [6, 6.07) is 11.1. The van der Waals surface area contributed by atoms with Crippen molar-refractivity contribution in [3.63, 3.8) is 0 Å². The first-order chi connectivity index (χ1) is 12.4. The molecule has 1 heterocycles. The van der Waals surface area contributed by atoms with E-state index in [1.807, 2.05) is 0 Å². The minimum Gasteiger partial charge on any atom is -0.504 e. The van der Waals surface area contributed by atoms with Gasteiger partial charge < -0.3 is 10.2 Å². The van der Waals surface area contributed by atoms with Gasteiger partial charge in [0.25, 0.3) is 5.24 Å². The van der Waals surface area contributed by atoms with Crippen molar-refractivity contribution in [2.24, 2.45) is 0 Å². The summed E-state index contributed by atoms with van der Waals surface area (Å²) in [7, 11) is 0. The maximum Gasteiger partial charge on any atom is 0.286 e. The standard InChI is InChI=1S/C19H15NO5S/c21-14(6-4-11-5-7-15(22)16(23)9-11)13-3-1-2-12(8-13)10-17-18(24)20-19(25)26-17/h1-9,17,22-23H,10H2,(H,20,24,25)/b6-4+. The maximum atomic E-state index is 12.3. The van der Waals surface area contributed by atoms with E-state index >= 15 is 0 Å². The molecular formula is C19H15NO5S. The van der Waals surface area contributed by atoms with Gasteiger partial charge in [-0.2, -0.15) is 0 Å². The Balaban J connectivity index is 1.71. The van der Waals surface area contributed by atoms with Gasteiger partial charge >= 0.3 is 0 Å². The highest BCUT2D eigenvalue weighted by Crippen LogP contribution is 2.26. The fraction of sp³-hybridized carbons (Fsp3) is 0.105. The maximum absolute atomic E-state index is 12.3. The highest BCUT2D eigenvalue weighted by molar-refractivity contribution is 8.15. The average Bonchev–Trinajstić information content (AvgIpc) is 2.93. The van der Waals surface area contributed by atoms with Gasteiger partial charge in [0.1, 0.15) is 0 Å². The summed E-state index contributed by atoms with van der Waals surface area (Å²) in [5, 5.41) is 20.2. The first-order valence-electron chi connectivity index (χ1n) is 7.77. The van der Waals surface area contributed by atoms with Crippen LogP contribution in [0.25, 0.3) is 6.08 Å². The van der Waals surface area contributed by atoms with Crippen molar-refractivity contribution in [2.45, 2.75) is 11.7 Å². The summed E-state index contributed by atoms with van der Waals surface area (Å²) in [5.41, 5.74) is 1.81. The average molecular weight is 369 g/mol. The molecule has 1 unspecified atom stereocenters. The van der Waals surface area contributed by atoms with Crippen molar-refractivity contribution in [3.05, 3.63) is 65.2 Å². The Hall–Kier alpha value is -3.06. The second-order valence-corrected chi connectivity index (χ2v) is 6.91. The van der Waals surface area contributed by atoms with E-state index in [-0.39, 0.29) is 28.4 Å². The molecule has 6 nitrogen and oxygen atoms in total. The van der Waals surface area contributed by atoms with E-state index in [1.165, 1.54) is 24.3 Å². The van der Waals surface area contributed by atoms with Crippen LogP contribution in [0.15, 0.2) is 48.5 Å². The van der Waals surface area contributed by atoms with Crippen molar-refractivity contribution >= 4 is 34.8 Å². The van der Waals surface area contributed by atoms with E-state index in [2.05, 4.69) is 5.32 Å². The Kier molecular flexibility index (Phi) is 5.09. The second-order valence-electron chi connectivity index (χ2n) is 5.73. The summed E-state index contributed by atoms with van der Waals surface area (Å²) in [5.74, 6) is -1.04. The number of phenolic OH excluding ortho intramolecular Hbond substituents is 2. The van der Waals surface area contributed by atoms with Crippen LogP contribution in [0, 0.1) is 0 Å². The van der Waals surface area contributed by atoms with Gasteiger partial charge in [0.05, 0.1) is 5.25 Å². The lowest BCUT2D eigenvalue weighted by Gasteiger charge is -2.06. The lowest BCUT2D eigenvalue weighted by molar-refractivity contribution is -0.118. The summed E-state index contributed by atoms with van der Waals surface area (Å²) in [4.78, 5) is 35.2. The molecule has 1 atom stereocenters. The zero-order chi connectivity index (χ0) is 18.7. The van der Waals surface area contributed by atoms with Gasteiger partial charge in [-0.05, 0) is 41.8 Å². The first kappa shape index (κ1) is 17.8. The molecule has 2 aromatic rings. The van der Waals surface area contributed by atoms with Crippen LogP contribution in [0.3, 0.4) is 0 Å². The number of hydrogen-bond donors (Lipinski definition) is 3. The number of phenols is 2. The molecule has 0 saturated carbocycles. The minimum atomic E-state index is -0.483. The van der Waals surface area contributed by atoms with Crippen LogP contribution >= 0.6 is 11.8 Å². The molecule has 0 bridgehead atoms. The van der Waals surface area contributed by atoms with Gasteiger partial charge in [0, 0.05) is 5.56 Å². The molecule has 0 aliphatic carbocycles. The molecule has 3 N–H and O–H groups in total. The van der Waals surface area contributed by atoms with Crippen molar-refractivity contribution in [1.29, 1.82) is 0 Å². The van der Waals surface area contributed by atoms with Crippen LogP contribution in [0.5, 0.6) is 11.5 Å². The number of hydrogen-bond acceptors (Lipinski definition) is 6. The molecule has 7 heteroatoms. The van der Waals surface area contributed by atoms with Crippen LogP contribution in [0.2, 0.25) is 0 Å². The normalized spacial score (nSPS) is 16.8. The van der Waals surface area contributed by atoms with Crippen LogP contribution in [0.4, 0.5) is 4.79 Å². The Morgan fingerprint density at radius 3 is 2.62 bits per heavy atom. The largest absolute Gasteiger partial charge is 0.504 e. The van der Waals surface area contributed by atoms with E-state index in [0.29, 0.717) is 17.5 Å². The van der Waals surface area contributed by atoms with Gasteiger partial charge in [-0.15, -0.1) is 0 Å². The Bertz CT molecular complexity index is 922. The summed E-state index contributed by atoms with van der Waals surface area (Å²) in [6.45, 7) is 0. The molecule has 1 saturated heterocycles. The number of rotatable bonds is 5. The molecule has 2 amide bonds. The quantitative estimate of drug-likeness (QED) is 0.425. The zero-order valence-corrected chi connectivity index (χ0v) is 14.3. The van der Waals surface area contributed by atoms with Gasteiger partial charge in [-0.25, -0.2) is 0 Å². The number of amides is 2. The molecule has 0 spiro atoms. The predicted octanol–water partition coefficient (Wildman–Crippen LogP) is 2.89. The van der Waals surface area contributed by atoms with Crippen LogP contribution in [-0.4, -0.2) is 32.4 Å². The monoisotopic (exact) mass is 369 g/mol. The van der Waals surface area contributed by atoms with E-state index in [4.69, 9.17) is 0 Å². The number of ketones is 1. The molecule has 132 valence electrons. The van der Waals surface area contributed by atoms with E-state index < -0.39 is 5.25 Å². The second kappa shape index (κ2) is 7.45. The van der Waals surface area contributed by atoms with Crippen molar-refractivity contribution in [3.8, 4) is 11.5 Å². The van der Waals surface area contributed by atoms with E-state index in [9.17, 15) is 24.6 Å². The topological polar surface area (TPSA) is 104 Å². The molecule has 0 aromatic heterocycles. The van der Waals surface area contributed by atoms with E-state index in [0.717, 1.165) is 17.3 Å². The number of nitrogens with one attached hydrogen (secondary N) is 1. The third-order valence-electron chi connectivity index (χ3n) is 3.83. The Labute approximate surface area is 153 Å². The number of carbonyl (C=O) groups excluding carboxylic acids is 3. The molecule has 3 rings (SSSR count). The smallest absolute Gasteiger partial charge is 0.286 e. The number of thioether (sulfide) groups is 1. The van der Waals surface area contributed by atoms with Crippen LogP contribution in [0.1, 0.15) is 21.5 Å². The van der Waals surface area contributed by atoms with Crippen LogP contribution in [-0.2, 0) is 11.2 Å². The first-order valence-corrected chi connectivity index (χ1v) is 8.65. The van der Waals surface area contributed by atoms with E-state index in [1.54, 1.807) is 30.3 Å². The van der Waals surface area contributed by atoms with Crippen molar-refractivity contribution < 1.29 is 24.6 Å². The fourth-order valence-electron chi connectivity index (χ4n) is 2.51. The molecule has 1 fully saturated rings. The fourth-order valence-corrected chi connectivity index (χ4v) is 3.37. The molecular weight excluding hydrogens is 354 g/mol. The third-order valence-corrected chi connectivity index (χ3v) is 4.81. The van der Waals surface area contributed by atoms with Gasteiger partial charge in [0.2, 0.25) is 5.91 Å². The number of benzene rings is 2. The summed E-state index contributed by atoms with van der Waals surface area (Å²) < 4.78 is 0. The van der Waals surface area contributed by atoms with Gasteiger partial charge in [-0.1, -0.05) is 42.1 Å². The number of carbonyl (C=O) groups is 3. The third kappa shape index (κ3) is 4.12. The molecule has 0 radical (unpaired) electrons. The SMILES string of the molecule is O=C1NC(=O)C(Cc2cccc(C(=O)/C=C/c3ccc(O)c(O)c3)c2)S1. The van der Waals surface area contributed by atoms with Crippen molar-refractivity contribution in [1.82, 2.24) is 5.32 Å². The molecule has 26 heavy (non-hydrogen) atoms. The predicted molar refractivity (Wildman–Crippen MR) is 98.2 cm³/mol. The minimum absolute atomic E-state index is 0.228. The number of imide groups is 1. The molecule has 1 aliphatic heterocycles. The summed E-state index contributed by atoms with van der Waals surface area (Å²) >= 11 is 0.950. The van der Waals surface area contributed by atoms with Gasteiger partial charge in [0.15, 0.2) is 17.3 Å². The zero-order valence-electron chi connectivity index (χ0n) is 13.5. The Morgan fingerprint density at radius 2 is 1.92 bits per heavy atom. The van der Waals surface area contributed by atoms with Crippen molar-refractivity contribution in [2.75, 3.05) is 0 Å². The molecule has 2 aromatic carbocycles. The Morgan fingerprint density at radius 1 is 1.12 bits per heavy atom. The summed E-state index contributed by atoms with van der Waals surface area (Å²) in [6.07, 6.45) is 3.26. The lowest BCUT2D eigenvalue weighted by Crippen LogP contribution is -2.25. The number of allylic oxidation sites excluding steroid dienone is 1. The number of aromatic hydroxyl groups is 2. The molecule has 1 aliphatic rings. The lowest BCUT2D eigenvalue weighted by atomic mass is 10.0. The highest BCUT2D eigenvalue weighted by atomic mass is 32.2. The van der Waals surface area contributed by atoms with Crippen LogP contribution < -0.4 is 5.32 Å². The van der Waals surface area contributed by atoms with Gasteiger partial charge in [-0.3, -0.25) is 19.7 Å². The highest BCUT2D eigenvalue weighted by Gasteiger charge is 2.31.